The average molecular weight is 411 g/mol. The Hall–Kier alpha value is -1.83. The van der Waals surface area contributed by atoms with E-state index in [0.29, 0.717) is 23.7 Å². The number of rotatable bonds is 6. The van der Waals surface area contributed by atoms with Crippen molar-refractivity contribution >= 4 is 21.6 Å². The molecule has 27 heavy (non-hydrogen) atoms. The van der Waals surface area contributed by atoms with Gasteiger partial charge >= 0.3 is 0 Å². The summed E-state index contributed by atoms with van der Waals surface area (Å²) in [4.78, 5) is 4.31. The number of benzene rings is 1. The Labute approximate surface area is 164 Å². The number of nitrogens with zero attached hydrogens (tertiary/aromatic N) is 1. The number of hydrogen-bond donors (Lipinski definition) is 1. The number of methoxy groups -OCH3 is 1. The molecule has 8 heteroatoms. The minimum atomic E-state index is -3.72. The standard InChI is InChI=1S/C19H23ClN2O4S/c1-13-3-10-19(21-12-13)26-16-7-5-15(6-8-16)22-27(23,24)18-11-14(20)4-9-17(18)25-2/h3-4,9-12,15-16,22H,5-8H2,1-2H3. The highest BCUT2D eigenvalue weighted by atomic mass is 35.5. The molecule has 1 N–H and O–H groups in total. The maximum Gasteiger partial charge on any atom is 0.244 e. The topological polar surface area (TPSA) is 77.5 Å². The molecule has 1 aliphatic carbocycles. The normalized spacial score (nSPS) is 20.3. The van der Waals surface area contributed by atoms with Gasteiger partial charge in [0.15, 0.2) is 0 Å². The Balaban J connectivity index is 1.60. The summed E-state index contributed by atoms with van der Waals surface area (Å²) in [5, 5.41) is 0.346. The second-order valence-corrected chi connectivity index (χ2v) is 8.80. The van der Waals surface area contributed by atoms with E-state index < -0.39 is 10.0 Å². The lowest BCUT2D eigenvalue weighted by atomic mass is 9.94. The summed E-state index contributed by atoms with van der Waals surface area (Å²) in [5.41, 5.74) is 1.08. The van der Waals surface area contributed by atoms with Crippen molar-refractivity contribution in [3.63, 3.8) is 0 Å². The molecule has 0 aliphatic heterocycles. The van der Waals surface area contributed by atoms with E-state index in [-0.39, 0.29) is 22.8 Å². The number of ether oxygens (including phenoxy) is 2. The first kappa shape index (κ1) is 19.9. The number of aromatic nitrogens is 1. The molecule has 1 saturated carbocycles. The van der Waals surface area contributed by atoms with Crippen molar-refractivity contribution in [1.82, 2.24) is 9.71 Å². The van der Waals surface area contributed by atoms with Gasteiger partial charge in [0.1, 0.15) is 16.7 Å². The number of nitrogens with one attached hydrogen (secondary N) is 1. The Morgan fingerprint density at radius 3 is 2.52 bits per heavy atom. The molecular weight excluding hydrogens is 388 g/mol. The third-order valence-corrected chi connectivity index (χ3v) is 6.36. The van der Waals surface area contributed by atoms with Crippen LogP contribution in [0.15, 0.2) is 41.4 Å². The van der Waals surface area contributed by atoms with Crippen LogP contribution in [0.5, 0.6) is 11.6 Å². The SMILES string of the molecule is COc1ccc(Cl)cc1S(=O)(=O)NC1CCC(Oc2ccc(C)cn2)CC1. The number of pyridine rings is 1. The Morgan fingerprint density at radius 1 is 1.15 bits per heavy atom. The molecule has 1 heterocycles. The zero-order chi connectivity index (χ0) is 19.4. The van der Waals surface area contributed by atoms with E-state index in [1.165, 1.54) is 13.2 Å². The van der Waals surface area contributed by atoms with Crippen LogP contribution >= 0.6 is 11.6 Å². The largest absolute Gasteiger partial charge is 0.495 e. The Bertz CT molecular complexity index is 879. The van der Waals surface area contributed by atoms with Gasteiger partial charge in [-0.1, -0.05) is 17.7 Å². The van der Waals surface area contributed by atoms with Gasteiger partial charge in [-0.3, -0.25) is 0 Å². The Morgan fingerprint density at radius 2 is 1.89 bits per heavy atom. The summed E-state index contributed by atoms with van der Waals surface area (Å²) in [6.07, 6.45) is 4.72. The van der Waals surface area contributed by atoms with Crippen LogP contribution in [0.2, 0.25) is 5.02 Å². The van der Waals surface area contributed by atoms with Crippen molar-refractivity contribution < 1.29 is 17.9 Å². The lowest BCUT2D eigenvalue weighted by Gasteiger charge is -2.29. The molecule has 3 rings (SSSR count). The van der Waals surface area contributed by atoms with Crippen LogP contribution in [0.4, 0.5) is 0 Å². The number of aryl methyl sites for hydroxylation is 1. The predicted octanol–water partition coefficient (Wildman–Crippen LogP) is 3.72. The molecular formula is C19H23ClN2O4S. The molecule has 6 nitrogen and oxygen atoms in total. The molecule has 2 aromatic rings. The molecule has 0 amide bonds. The van der Waals surface area contributed by atoms with Gasteiger partial charge in [-0.2, -0.15) is 0 Å². The molecule has 0 spiro atoms. The van der Waals surface area contributed by atoms with Crippen LogP contribution in [0, 0.1) is 6.92 Å². The van der Waals surface area contributed by atoms with Gasteiger partial charge in [-0.25, -0.2) is 18.1 Å². The van der Waals surface area contributed by atoms with E-state index in [2.05, 4.69) is 9.71 Å². The number of sulfonamides is 1. The molecule has 146 valence electrons. The van der Waals surface area contributed by atoms with Gasteiger partial charge in [-0.15, -0.1) is 0 Å². The number of hydrogen-bond acceptors (Lipinski definition) is 5. The van der Waals surface area contributed by atoms with Crippen LogP contribution in [-0.4, -0.2) is 32.7 Å². The molecule has 0 saturated heterocycles. The number of halogens is 1. The van der Waals surface area contributed by atoms with Crippen LogP contribution in [0.1, 0.15) is 31.2 Å². The monoisotopic (exact) mass is 410 g/mol. The van der Waals surface area contributed by atoms with Gasteiger partial charge in [0.05, 0.1) is 7.11 Å². The van der Waals surface area contributed by atoms with E-state index in [1.807, 2.05) is 19.1 Å². The van der Waals surface area contributed by atoms with E-state index in [4.69, 9.17) is 21.1 Å². The van der Waals surface area contributed by atoms with E-state index in [9.17, 15) is 8.42 Å². The second kappa shape index (κ2) is 8.46. The fourth-order valence-corrected chi connectivity index (χ4v) is 4.87. The fraction of sp³-hybridized carbons (Fsp3) is 0.421. The van der Waals surface area contributed by atoms with Gasteiger partial charge < -0.3 is 9.47 Å². The first-order valence-corrected chi connectivity index (χ1v) is 10.7. The van der Waals surface area contributed by atoms with Crippen molar-refractivity contribution in [3.05, 3.63) is 47.1 Å². The third kappa shape index (κ3) is 5.12. The first-order valence-electron chi connectivity index (χ1n) is 8.82. The van der Waals surface area contributed by atoms with Crippen LogP contribution in [-0.2, 0) is 10.0 Å². The molecule has 0 bridgehead atoms. The summed E-state index contributed by atoms with van der Waals surface area (Å²) in [6.45, 7) is 1.98. The summed E-state index contributed by atoms with van der Waals surface area (Å²) >= 11 is 5.96. The minimum Gasteiger partial charge on any atom is -0.495 e. The van der Waals surface area contributed by atoms with Gasteiger partial charge in [-0.05, 0) is 56.4 Å². The van der Waals surface area contributed by atoms with Crippen molar-refractivity contribution in [2.75, 3.05) is 7.11 Å². The highest BCUT2D eigenvalue weighted by molar-refractivity contribution is 7.89. The molecule has 0 radical (unpaired) electrons. The molecule has 1 fully saturated rings. The van der Waals surface area contributed by atoms with E-state index in [1.54, 1.807) is 18.3 Å². The lowest BCUT2D eigenvalue weighted by Crippen LogP contribution is -2.39. The van der Waals surface area contributed by atoms with Gasteiger partial charge in [0.2, 0.25) is 15.9 Å². The maximum atomic E-state index is 12.7. The fourth-order valence-electron chi connectivity index (χ4n) is 3.14. The predicted molar refractivity (Wildman–Crippen MR) is 104 cm³/mol. The lowest BCUT2D eigenvalue weighted by molar-refractivity contribution is 0.138. The van der Waals surface area contributed by atoms with Gasteiger partial charge in [0, 0.05) is 23.3 Å². The molecule has 0 atom stereocenters. The zero-order valence-corrected chi connectivity index (χ0v) is 16.9. The quantitative estimate of drug-likeness (QED) is 0.785. The second-order valence-electron chi connectivity index (χ2n) is 6.68. The molecule has 1 aromatic heterocycles. The van der Waals surface area contributed by atoms with Crippen molar-refractivity contribution in [2.24, 2.45) is 0 Å². The molecule has 1 aliphatic rings. The van der Waals surface area contributed by atoms with E-state index >= 15 is 0 Å². The first-order chi connectivity index (χ1) is 12.9. The summed E-state index contributed by atoms with van der Waals surface area (Å²) < 4.78 is 39.3. The average Bonchev–Trinajstić information content (AvgIpc) is 2.65. The summed E-state index contributed by atoms with van der Waals surface area (Å²) in [6, 6.07) is 8.22. The molecule has 0 unspecified atom stereocenters. The molecule has 1 aromatic carbocycles. The van der Waals surface area contributed by atoms with Crippen LogP contribution in [0.25, 0.3) is 0 Å². The summed E-state index contributed by atoms with van der Waals surface area (Å²) in [5.74, 6) is 0.877. The van der Waals surface area contributed by atoms with E-state index in [0.717, 1.165) is 18.4 Å². The summed E-state index contributed by atoms with van der Waals surface area (Å²) in [7, 11) is -2.28. The Kier molecular flexibility index (Phi) is 6.24. The van der Waals surface area contributed by atoms with Crippen LogP contribution < -0.4 is 14.2 Å². The smallest absolute Gasteiger partial charge is 0.244 e. The minimum absolute atomic E-state index is 0.0432. The highest BCUT2D eigenvalue weighted by Gasteiger charge is 2.28. The van der Waals surface area contributed by atoms with Crippen molar-refractivity contribution in [1.29, 1.82) is 0 Å². The van der Waals surface area contributed by atoms with Gasteiger partial charge in [0.25, 0.3) is 0 Å². The third-order valence-electron chi connectivity index (χ3n) is 4.58. The highest BCUT2D eigenvalue weighted by Crippen LogP contribution is 2.29. The zero-order valence-electron chi connectivity index (χ0n) is 15.3. The maximum absolute atomic E-state index is 12.7. The van der Waals surface area contributed by atoms with Crippen LogP contribution in [0.3, 0.4) is 0 Å². The van der Waals surface area contributed by atoms with Crippen molar-refractivity contribution in [2.45, 2.75) is 49.6 Å². The van der Waals surface area contributed by atoms with Crippen molar-refractivity contribution in [3.8, 4) is 11.6 Å².